The van der Waals surface area contributed by atoms with Crippen LogP contribution in [0.5, 0.6) is 11.5 Å². The van der Waals surface area contributed by atoms with E-state index in [1.807, 2.05) is 42.5 Å². The Hall–Kier alpha value is -2.44. The normalized spacial score (nSPS) is 10.8. The average Bonchev–Trinajstić information content (AvgIpc) is 2.69. The number of pyridine rings is 1. The van der Waals surface area contributed by atoms with Crippen molar-refractivity contribution in [2.24, 2.45) is 0 Å². The Balaban J connectivity index is 2.02. The Morgan fingerprint density at radius 3 is 2.59 bits per heavy atom. The molecular weight excluding hydrogens is 413 g/mol. The van der Waals surface area contributed by atoms with Gasteiger partial charge in [-0.05, 0) is 36.2 Å². The number of methoxy groups -OCH3 is 1. The van der Waals surface area contributed by atoms with E-state index in [4.69, 9.17) is 14.5 Å². The van der Waals surface area contributed by atoms with E-state index in [9.17, 15) is 9.50 Å². The van der Waals surface area contributed by atoms with Crippen LogP contribution in [-0.2, 0) is 11.2 Å². The lowest BCUT2D eigenvalue weighted by atomic mass is 10.0. The highest BCUT2D eigenvalue weighted by atomic mass is 79.9. The first-order valence-corrected chi connectivity index (χ1v) is 9.14. The molecule has 2 aromatic carbocycles. The number of hydrogen-bond acceptors (Lipinski definition) is 4. The average molecular weight is 432 g/mol. The minimum atomic E-state index is -0.614. The molecule has 27 heavy (non-hydrogen) atoms. The Labute approximate surface area is 165 Å². The van der Waals surface area contributed by atoms with E-state index in [2.05, 4.69) is 15.9 Å². The molecule has 1 N–H and O–H groups in total. The second-order valence-electron chi connectivity index (χ2n) is 6.04. The smallest absolute Gasteiger partial charge is 0.188 e. The largest absolute Gasteiger partial charge is 0.505 e. The fourth-order valence-electron chi connectivity index (χ4n) is 2.80. The number of aromatic nitrogens is 1. The summed E-state index contributed by atoms with van der Waals surface area (Å²) in [5.41, 5.74) is 3.50. The van der Waals surface area contributed by atoms with Crippen molar-refractivity contribution in [1.82, 2.24) is 4.98 Å². The van der Waals surface area contributed by atoms with Crippen LogP contribution in [0.15, 0.2) is 53.0 Å². The predicted molar refractivity (Wildman–Crippen MR) is 105 cm³/mol. The van der Waals surface area contributed by atoms with E-state index < -0.39 is 5.82 Å². The van der Waals surface area contributed by atoms with Crippen molar-refractivity contribution in [1.29, 1.82) is 0 Å². The molecule has 0 unspecified atom stereocenters. The standard InChI is InChI=1S/C21H19BrFNO3/c1-13-16(17(22)11-18(25)20(13)23)10-15-8-9-19(27-12-26-2)21(24-15)14-6-4-3-5-7-14/h3-9,11,25H,10,12H2,1-2H3. The molecule has 0 aliphatic rings. The van der Waals surface area contributed by atoms with Crippen molar-refractivity contribution in [2.75, 3.05) is 13.9 Å². The van der Waals surface area contributed by atoms with Crippen molar-refractivity contribution in [2.45, 2.75) is 13.3 Å². The van der Waals surface area contributed by atoms with Crippen LogP contribution in [0.3, 0.4) is 0 Å². The minimum absolute atomic E-state index is 0.120. The Morgan fingerprint density at radius 1 is 1.15 bits per heavy atom. The van der Waals surface area contributed by atoms with Crippen molar-refractivity contribution >= 4 is 15.9 Å². The molecule has 3 rings (SSSR count). The van der Waals surface area contributed by atoms with Crippen LogP contribution in [-0.4, -0.2) is 24.0 Å². The lowest BCUT2D eigenvalue weighted by molar-refractivity contribution is 0.0513. The first-order valence-electron chi connectivity index (χ1n) is 8.34. The van der Waals surface area contributed by atoms with Gasteiger partial charge in [0, 0.05) is 29.3 Å². The number of nitrogens with zero attached hydrogens (tertiary/aromatic N) is 1. The SMILES string of the molecule is COCOc1ccc(Cc2c(Br)cc(O)c(F)c2C)nc1-c1ccccc1. The van der Waals surface area contributed by atoms with E-state index in [0.717, 1.165) is 16.8 Å². The van der Waals surface area contributed by atoms with Gasteiger partial charge in [-0.15, -0.1) is 0 Å². The van der Waals surface area contributed by atoms with Crippen LogP contribution in [0.25, 0.3) is 11.3 Å². The second-order valence-corrected chi connectivity index (χ2v) is 6.89. The zero-order valence-electron chi connectivity index (χ0n) is 15.0. The van der Waals surface area contributed by atoms with Crippen molar-refractivity contribution < 1.29 is 19.0 Å². The van der Waals surface area contributed by atoms with E-state index in [1.54, 1.807) is 14.0 Å². The molecule has 0 fully saturated rings. The first-order chi connectivity index (χ1) is 13.0. The monoisotopic (exact) mass is 431 g/mol. The van der Waals surface area contributed by atoms with Gasteiger partial charge in [-0.3, -0.25) is 0 Å². The van der Waals surface area contributed by atoms with Crippen LogP contribution in [0.2, 0.25) is 0 Å². The third-order valence-corrected chi connectivity index (χ3v) is 4.92. The van der Waals surface area contributed by atoms with Gasteiger partial charge in [-0.1, -0.05) is 46.3 Å². The first kappa shape index (κ1) is 19.3. The summed E-state index contributed by atoms with van der Waals surface area (Å²) in [5, 5.41) is 9.63. The highest BCUT2D eigenvalue weighted by Gasteiger charge is 2.16. The number of ether oxygens (including phenoxy) is 2. The van der Waals surface area contributed by atoms with Gasteiger partial charge >= 0.3 is 0 Å². The maximum absolute atomic E-state index is 14.1. The third kappa shape index (κ3) is 4.28. The summed E-state index contributed by atoms with van der Waals surface area (Å²) >= 11 is 3.41. The molecule has 0 aliphatic heterocycles. The molecule has 1 aromatic heterocycles. The molecule has 0 bridgehead atoms. The van der Waals surface area contributed by atoms with Crippen LogP contribution in [0, 0.1) is 12.7 Å². The number of benzene rings is 2. The Kier molecular flexibility index (Phi) is 6.08. The molecule has 0 aliphatic carbocycles. The fraction of sp³-hybridized carbons (Fsp3) is 0.190. The molecule has 3 aromatic rings. The zero-order valence-corrected chi connectivity index (χ0v) is 16.6. The minimum Gasteiger partial charge on any atom is -0.505 e. The van der Waals surface area contributed by atoms with Gasteiger partial charge in [-0.2, -0.15) is 0 Å². The summed E-state index contributed by atoms with van der Waals surface area (Å²) < 4.78 is 25.4. The van der Waals surface area contributed by atoms with Crippen LogP contribution >= 0.6 is 15.9 Å². The quantitative estimate of drug-likeness (QED) is 0.542. The number of rotatable bonds is 6. The fourth-order valence-corrected chi connectivity index (χ4v) is 3.45. The lowest BCUT2D eigenvalue weighted by Gasteiger charge is -2.14. The van der Waals surface area contributed by atoms with Gasteiger partial charge in [0.25, 0.3) is 0 Å². The Bertz CT molecular complexity index is 948. The predicted octanol–water partition coefficient (Wildman–Crippen LogP) is 5.24. The number of hydrogen-bond donors (Lipinski definition) is 1. The zero-order chi connectivity index (χ0) is 19.4. The van der Waals surface area contributed by atoms with Crippen molar-refractivity contribution in [3.8, 4) is 22.8 Å². The summed E-state index contributed by atoms with van der Waals surface area (Å²) in [6.07, 6.45) is 0.411. The molecule has 1 heterocycles. The maximum Gasteiger partial charge on any atom is 0.188 e. The summed E-state index contributed by atoms with van der Waals surface area (Å²) in [6, 6.07) is 14.7. The van der Waals surface area contributed by atoms with Gasteiger partial charge in [-0.25, -0.2) is 9.37 Å². The number of phenolic OH excluding ortho intramolecular Hbond substituents is 1. The van der Waals surface area contributed by atoms with Gasteiger partial charge in [0.05, 0.1) is 0 Å². The Morgan fingerprint density at radius 2 is 1.89 bits per heavy atom. The van der Waals surface area contributed by atoms with Gasteiger partial charge in [0.2, 0.25) is 0 Å². The lowest BCUT2D eigenvalue weighted by Crippen LogP contribution is -2.04. The summed E-state index contributed by atoms with van der Waals surface area (Å²) in [5.74, 6) is -0.375. The molecule has 6 heteroatoms. The van der Waals surface area contributed by atoms with E-state index >= 15 is 0 Å². The number of phenols is 1. The van der Waals surface area contributed by atoms with Crippen LogP contribution in [0.1, 0.15) is 16.8 Å². The summed E-state index contributed by atoms with van der Waals surface area (Å²) in [6.45, 7) is 1.76. The molecule has 140 valence electrons. The number of aromatic hydroxyl groups is 1. The molecular formula is C21H19BrFNO3. The molecule has 0 saturated heterocycles. The third-order valence-electron chi connectivity index (χ3n) is 4.21. The number of halogens is 2. The van der Waals surface area contributed by atoms with Gasteiger partial charge < -0.3 is 14.6 Å². The van der Waals surface area contributed by atoms with E-state index in [0.29, 0.717) is 27.9 Å². The van der Waals surface area contributed by atoms with Crippen molar-refractivity contribution in [3.63, 3.8) is 0 Å². The second kappa shape index (κ2) is 8.50. The molecule has 0 spiro atoms. The topological polar surface area (TPSA) is 51.6 Å². The van der Waals surface area contributed by atoms with E-state index in [-0.39, 0.29) is 12.5 Å². The molecule has 0 radical (unpaired) electrons. The van der Waals surface area contributed by atoms with Gasteiger partial charge in [0.1, 0.15) is 11.4 Å². The molecule has 4 nitrogen and oxygen atoms in total. The summed E-state index contributed by atoms with van der Waals surface area (Å²) in [7, 11) is 1.56. The molecule has 0 amide bonds. The van der Waals surface area contributed by atoms with E-state index in [1.165, 1.54) is 6.07 Å². The van der Waals surface area contributed by atoms with Crippen LogP contribution in [0.4, 0.5) is 4.39 Å². The molecule has 0 atom stereocenters. The van der Waals surface area contributed by atoms with Crippen molar-refractivity contribution in [3.05, 3.63) is 75.6 Å². The maximum atomic E-state index is 14.1. The molecule has 0 saturated carbocycles. The van der Waals surface area contributed by atoms with Gasteiger partial charge in [0.15, 0.2) is 18.4 Å². The van der Waals surface area contributed by atoms with Crippen LogP contribution < -0.4 is 4.74 Å². The summed E-state index contributed by atoms with van der Waals surface area (Å²) in [4.78, 5) is 4.74. The highest BCUT2D eigenvalue weighted by molar-refractivity contribution is 9.10. The highest BCUT2D eigenvalue weighted by Crippen LogP contribution is 2.33.